The summed E-state index contributed by atoms with van der Waals surface area (Å²) >= 11 is 0. The Labute approximate surface area is 254 Å². The number of para-hydroxylation sites is 1. The van der Waals surface area contributed by atoms with Crippen molar-refractivity contribution in [2.75, 3.05) is 11.9 Å². The van der Waals surface area contributed by atoms with Gasteiger partial charge >= 0.3 is 12.1 Å². The highest BCUT2D eigenvalue weighted by atomic mass is 16.6. The van der Waals surface area contributed by atoms with Crippen LogP contribution in [0.15, 0.2) is 114 Å². The monoisotopic (exact) mass is 590 g/mol. The number of imide groups is 1. The van der Waals surface area contributed by atoms with Crippen LogP contribution in [0.1, 0.15) is 46.6 Å². The van der Waals surface area contributed by atoms with E-state index >= 15 is 0 Å². The van der Waals surface area contributed by atoms with Gasteiger partial charge in [-0.05, 0) is 29.7 Å². The maximum Gasteiger partial charge on any atom is 0.417 e. The van der Waals surface area contributed by atoms with Gasteiger partial charge in [0.05, 0.1) is 11.4 Å². The lowest BCUT2D eigenvalue weighted by Gasteiger charge is -2.24. The van der Waals surface area contributed by atoms with Crippen molar-refractivity contribution in [2.45, 2.75) is 25.4 Å². The van der Waals surface area contributed by atoms with E-state index in [9.17, 15) is 24.3 Å². The molecule has 4 aromatic rings. The zero-order chi connectivity index (χ0) is 31.1. The van der Waals surface area contributed by atoms with Crippen molar-refractivity contribution < 1.29 is 29.0 Å². The highest BCUT2D eigenvalue weighted by Gasteiger charge is 2.40. The maximum absolute atomic E-state index is 13.4. The number of hydrogen-bond donors (Lipinski definition) is 2. The molecule has 1 aliphatic heterocycles. The quantitative estimate of drug-likeness (QED) is 0.237. The van der Waals surface area contributed by atoms with Gasteiger partial charge in [-0.25, -0.2) is 14.5 Å². The van der Waals surface area contributed by atoms with Gasteiger partial charge in [0.1, 0.15) is 18.3 Å². The minimum atomic E-state index is -1.36. The highest BCUT2D eigenvalue weighted by Crippen LogP contribution is 2.30. The van der Waals surface area contributed by atoms with Crippen LogP contribution in [0.3, 0.4) is 0 Å². The zero-order valence-electron chi connectivity index (χ0n) is 23.9. The van der Waals surface area contributed by atoms with E-state index in [1.54, 1.807) is 97.9 Å². The summed E-state index contributed by atoms with van der Waals surface area (Å²) in [6.07, 6.45) is 0.481. The second kappa shape index (κ2) is 13.6. The molecule has 0 saturated carbocycles. The van der Waals surface area contributed by atoms with E-state index in [0.29, 0.717) is 22.5 Å². The molecule has 0 bridgehead atoms. The van der Waals surface area contributed by atoms with Crippen LogP contribution in [0.4, 0.5) is 10.5 Å². The lowest BCUT2D eigenvalue weighted by molar-refractivity contribution is -0.140. The lowest BCUT2D eigenvalue weighted by atomic mass is 9.95. The average molecular weight is 591 g/mol. The van der Waals surface area contributed by atoms with Gasteiger partial charge in [0.2, 0.25) is 5.91 Å². The Morgan fingerprint density at radius 3 is 2.30 bits per heavy atom. The van der Waals surface area contributed by atoms with Crippen LogP contribution in [0.2, 0.25) is 0 Å². The predicted octanol–water partition coefficient (Wildman–Crippen LogP) is 5.37. The topological polar surface area (TPSA) is 138 Å². The van der Waals surface area contributed by atoms with Gasteiger partial charge in [-0.15, -0.1) is 0 Å². The van der Waals surface area contributed by atoms with E-state index in [1.165, 1.54) is 6.20 Å². The summed E-state index contributed by atoms with van der Waals surface area (Å²) in [6.45, 7) is 1.62. The number of anilines is 1. The van der Waals surface area contributed by atoms with Crippen molar-refractivity contribution in [3.05, 3.63) is 132 Å². The number of amides is 3. The number of aromatic nitrogens is 1. The molecule has 0 spiro atoms. The first-order valence-corrected chi connectivity index (χ1v) is 14.0. The molecule has 10 heteroatoms. The molecule has 5 rings (SSSR count). The molecule has 1 saturated heterocycles. The predicted molar refractivity (Wildman–Crippen MR) is 163 cm³/mol. The van der Waals surface area contributed by atoms with E-state index in [2.05, 4.69) is 10.3 Å². The molecule has 2 heterocycles. The second-order valence-corrected chi connectivity index (χ2v) is 10.3. The summed E-state index contributed by atoms with van der Waals surface area (Å²) in [4.78, 5) is 61.5. The summed E-state index contributed by atoms with van der Waals surface area (Å²) in [5.74, 6) is -3.04. The fourth-order valence-corrected chi connectivity index (χ4v) is 5.05. The maximum atomic E-state index is 13.4. The molecule has 10 nitrogen and oxygen atoms in total. The molecule has 1 aliphatic rings. The number of carbonyl (C=O) groups is 4. The first-order valence-electron chi connectivity index (χ1n) is 14.0. The lowest BCUT2D eigenvalue weighted by Crippen LogP contribution is -2.38. The Kier molecular flexibility index (Phi) is 9.19. The molecule has 3 amide bonds. The molecule has 3 atom stereocenters. The van der Waals surface area contributed by atoms with E-state index < -0.39 is 41.9 Å². The van der Waals surface area contributed by atoms with E-state index in [4.69, 9.17) is 9.73 Å². The van der Waals surface area contributed by atoms with E-state index in [-0.39, 0.29) is 18.7 Å². The van der Waals surface area contributed by atoms with Crippen LogP contribution in [-0.4, -0.2) is 57.2 Å². The molecule has 44 heavy (non-hydrogen) atoms. The number of nitrogens with one attached hydrogen (secondary N) is 1. The molecule has 0 radical (unpaired) electrons. The largest absolute Gasteiger partial charge is 0.480 e. The van der Waals surface area contributed by atoms with Gasteiger partial charge in [0.25, 0.3) is 5.91 Å². The normalized spacial score (nSPS) is 16.1. The van der Waals surface area contributed by atoms with Crippen LogP contribution in [0.5, 0.6) is 0 Å². The molecule has 222 valence electrons. The molecule has 0 aliphatic carbocycles. The summed E-state index contributed by atoms with van der Waals surface area (Å²) in [6, 6.07) is 28.0. The molecular weight excluding hydrogens is 560 g/mol. The number of nitrogens with zero attached hydrogens (tertiary/aromatic N) is 3. The Morgan fingerprint density at radius 2 is 1.61 bits per heavy atom. The number of hydrogen-bond acceptors (Lipinski definition) is 7. The Hall–Kier alpha value is -5.64. The Bertz CT molecular complexity index is 1680. The number of carbonyl (C=O) groups excluding carboxylic acids is 3. The minimum absolute atomic E-state index is 0.0165. The minimum Gasteiger partial charge on any atom is -0.480 e. The fraction of sp³-hybridized carbons (Fsp3) is 0.176. The fourth-order valence-electron chi connectivity index (χ4n) is 5.05. The molecule has 3 aromatic carbocycles. The van der Waals surface area contributed by atoms with Crippen LogP contribution in [0.25, 0.3) is 0 Å². The van der Waals surface area contributed by atoms with Crippen LogP contribution < -0.4 is 5.32 Å². The standard InChI is InChI=1S/C34H30N4O6/c1-22(20-29(39)38-28(21-44-34(38)43)23-12-4-2-5-13-23)30(33(41)42)37-31(24-14-6-3-7-15-24)25-16-8-9-17-26(25)36-32(40)27-18-10-11-19-35-27/h2-19,22,28,30H,20-21H2,1H3,(H,36,40)(H,41,42)/t22-,28+,30-/m1/s1. The highest BCUT2D eigenvalue weighted by molar-refractivity contribution is 6.18. The summed E-state index contributed by atoms with van der Waals surface area (Å²) in [7, 11) is 0. The third-order valence-corrected chi connectivity index (χ3v) is 7.26. The summed E-state index contributed by atoms with van der Waals surface area (Å²) in [5.41, 5.74) is 2.78. The number of pyridine rings is 1. The second-order valence-electron chi connectivity index (χ2n) is 10.3. The van der Waals surface area contributed by atoms with Crippen molar-refractivity contribution >= 4 is 35.3 Å². The Balaban J connectivity index is 1.47. The van der Waals surface area contributed by atoms with Crippen molar-refractivity contribution in [1.82, 2.24) is 9.88 Å². The molecule has 0 unspecified atom stereocenters. The molecule has 1 aromatic heterocycles. The first kappa shape index (κ1) is 29.8. The number of cyclic esters (lactones) is 1. The van der Waals surface area contributed by atoms with Crippen molar-refractivity contribution in [2.24, 2.45) is 10.9 Å². The van der Waals surface area contributed by atoms with Crippen molar-refractivity contribution in [3.63, 3.8) is 0 Å². The zero-order valence-corrected chi connectivity index (χ0v) is 23.9. The summed E-state index contributed by atoms with van der Waals surface area (Å²) < 4.78 is 5.18. The Morgan fingerprint density at radius 1 is 0.955 bits per heavy atom. The average Bonchev–Trinajstić information content (AvgIpc) is 3.44. The van der Waals surface area contributed by atoms with Gasteiger partial charge in [0, 0.05) is 23.7 Å². The number of aliphatic imine (C=N–C) groups is 1. The van der Waals surface area contributed by atoms with Crippen molar-refractivity contribution in [1.29, 1.82) is 0 Å². The molecule has 2 N–H and O–H groups in total. The van der Waals surface area contributed by atoms with Crippen LogP contribution in [0, 0.1) is 5.92 Å². The number of benzene rings is 3. The third-order valence-electron chi connectivity index (χ3n) is 7.26. The number of aliphatic carboxylic acids is 1. The smallest absolute Gasteiger partial charge is 0.417 e. The first-order chi connectivity index (χ1) is 21.3. The van der Waals surface area contributed by atoms with Gasteiger partial charge in [-0.1, -0.05) is 91.9 Å². The van der Waals surface area contributed by atoms with E-state index in [0.717, 1.165) is 10.5 Å². The number of carboxylic acid groups (broad SMARTS) is 1. The van der Waals surface area contributed by atoms with Gasteiger partial charge in [-0.3, -0.25) is 19.6 Å². The number of rotatable bonds is 10. The van der Waals surface area contributed by atoms with Crippen LogP contribution in [-0.2, 0) is 14.3 Å². The van der Waals surface area contributed by atoms with Gasteiger partial charge in [0.15, 0.2) is 6.04 Å². The van der Waals surface area contributed by atoms with Crippen LogP contribution >= 0.6 is 0 Å². The number of carboxylic acids is 1. The number of ether oxygens (including phenoxy) is 1. The van der Waals surface area contributed by atoms with Crippen molar-refractivity contribution in [3.8, 4) is 0 Å². The summed E-state index contributed by atoms with van der Waals surface area (Å²) in [5, 5.41) is 13.2. The third kappa shape index (κ3) is 6.70. The molecular formula is C34H30N4O6. The molecule has 1 fully saturated rings. The van der Waals surface area contributed by atoms with Gasteiger partial charge < -0.3 is 15.2 Å². The van der Waals surface area contributed by atoms with Gasteiger partial charge in [-0.2, -0.15) is 0 Å². The SMILES string of the molecule is C[C@H](CC(=O)N1C(=O)OC[C@H]1c1ccccc1)[C@@H](N=C(c1ccccc1)c1ccccc1NC(=O)c1ccccn1)C(=O)O. The van der Waals surface area contributed by atoms with E-state index in [1.807, 2.05) is 12.1 Å².